The molecule has 1 aromatic carbocycles. The maximum Gasteiger partial charge on any atom is 0.224 e. The first-order valence-corrected chi connectivity index (χ1v) is 7.86. The molecule has 1 atom stereocenters. The normalized spacial score (nSPS) is 12.1. The number of nitrogens with one attached hydrogen (secondary N) is 1. The van der Waals surface area contributed by atoms with Gasteiger partial charge in [-0.25, -0.2) is 0 Å². The Labute approximate surface area is 128 Å². The van der Waals surface area contributed by atoms with Crippen LogP contribution in [0.1, 0.15) is 45.1 Å². The minimum atomic E-state index is 0.0643. The molecule has 0 bridgehead atoms. The predicted molar refractivity (Wildman–Crippen MR) is 87.1 cm³/mol. The number of anilines is 1. The van der Waals surface area contributed by atoms with Gasteiger partial charge in [-0.3, -0.25) is 4.79 Å². The van der Waals surface area contributed by atoms with E-state index in [1.165, 1.54) is 0 Å². The molecule has 0 heterocycles. The van der Waals surface area contributed by atoms with E-state index in [9.17, 15) is 4.79 Å². The average Bonchev–Trinajstić information content (AvgIpc) is 2.50. The molecule has 0 spiro atoms. The summed E-state index contributed by atoms with van der Waals surface area (Å²) in [4.78, 5) is 12.1. The van der Waals surface area contributed by atoms with Crippen LogP contribution in [0.15, 0.2) is 24.3 Å². The summed E-state index contributed by atoms with van der Waals surface area (Å²) < 4.78 is 5.42. The summed E-state index contributed by atoms with van der Waals surface area (Å²) in [5.41, 5.74) is 7.45. The van der Waals surface area contributed by atoms with Gasteiger partial charge in [-0.15, -0.1) is 0 Å². The molecule has 1 rings (SSSR count). The molecular formula is C17H28N2O2. The monoisotopic (exact) mass is 292 g/mol. The van der Waals surface area contributed by atoms with Crippen molar-refractivity contribution in [2.75, 3.05) is 18.5 Å². The maximum absolute atomic E-state index is 12.1. The Hall–Kier alpha value is -1.39. The van der Waals surface area contributed by atoms with E-state index in [-0.39, 0.29) is 5.91 Å². The van der Waals surface area contributed by atoms with Gasteiger partial charge in [0, 0.05) is 24.3 Å². The van der Waals surface area contributed by atoms with Crippen molar-refractivity contribution in [2.24, 2.45) is 11.7 Å². The lowest BCUT2D eigenvalue weighted by atomic mass is 9.96. The van der Waals surface area contributed by atoms with Crippen molar-refractivity contribution >= 4 is 11.6 Å². The lowest BCUT2D eigenvalue weighted by Crippen LogP contribution is -2.16. The molecule has 0 radical (unpaired) electrons. The number of hydrogen-bond acceptors (Lipinski definition) is 3. The summed E-state index contributed by atoms with van der Waals surface area (Å²) in [7, 11) is 0. The Morgan fingerprint density at radius 1 is 1.29 bits per heavy atom. The van der Waals surface area contributed by atoms with Crippen LogP contribution in [0.2, 0.25) is 0 Å². The molecule has 0 aliphatic heterocycles. The number of amides is 1. The number of nitrogens with two attached hydrogens (primary N) is 1. The Morgan fingerprint density at radius 2 is 2.05 bits per heavy atom. The second-order valence-electron chi connectivity index (χ2n) is 5.23. The van der Waals surface area contributed by atoms with E-state index in [2.05, 4.69) is 12.2 Å². The highest BCUT2D eigenvalue weighted by molar-refractivity contribution is 5.91. The largest absolute Gasteiger partial charge is 0.377 e. The van der Waals surface area contributed by atoms with E-state index < -0.39 is 0 Å². The van der Waals surface area contributed by atoms with Gasteiger partial charge < -0.3 is 15.8 Å². The fourth-order valence-electron chi connectivity index (χ4n) is 2.32. The molecule has 4 heteroatoms. The maximum atomic E-state index is 12.1. The number of benzene rings is 1. The van der Waals surface area contributed by atoms with Crippen molar-refractivity contribution in [2.45, 2.75) is 46.1 Å². The van der Waals surface area contributed by atoms with Gasteiger partial charge in [0.1, 0.15) is 0 Å². The molecule has 0 aliphatic rings. The van der Waals surface area contributed by atoms with Crippen molar-refractivity contribution in [3.8, 4) is 0 Å². The van der Waals surface area contributed by atoms with Crippen LogP contribution in [0.3, 0.4) is 0 Å². The summed E-state index contributed by atoms with van der Waals surface area (Å²) in [6, 6.07) is 7.78. The molecule has 0 saturated heterocycles. The summed E-state index contributed by atoms with van der Waals surface area (Å²) >= 11 is 0. The van der Waals surface area contributed by atoms with Gasteiger partial charge in [0.25, 0.3) is 0 Å². The van der Waals surface area contributed by atoms with E-state index in [0.29, 0.717) is 32.1 Å². The fourth-order valence-corrected chi connectivity index (χ4v) is 2.32. The van der Waals surface area contributed by atoms with Crippen LogP contribution >= 0.6 is 0 Å². The number of carbonyl (C=O) groups excluding carboxylic acids is 1. The van der Waals surface area contributed by atoms with Crippen molar-refractivity contribution in [3.63, 3.8) is 0 Å². The smallest absolute Gasteiger partial charge is 0.224 e. The molecule has 0 aliphatic carbocycles. The lowest BCUT2D eigenvalue weighted by molar-refractivity contribution is -0.116. The molecule has 1 aromatic rings. The van der Waals surface area contributed by atoms with E-state index in [1.807, 2.05) is 31.2 Å². The molecule has 0 saturated carbocycles. The van der Waals surface area contributed by atoms with Crippen LogP contribution in [0.5, 0.6) is 0 Å². The van der Waals surface area contributed by atoms with Crippen molar-refractivity contribution in [3.05, 3.63) is 29.8 Å². The standard InChI is InChI=1S/C17H28N2O2/c1-3-14(11-12-18)9-10-17(20)19-16-8-6-5-7-15(16)13-21-4-2/h5-8,14H,3-4,9-13,18H2,1-2H3,(H,19,20). The molecule has 0 fully saturated rings. The second-order valence-corrected chi connectivity index (χ2v) is 5.23. The van der Waals surface area contributed by atoms with Gasteiger partial charge in [-0.1, -0.05) is 31.5 Å². The summed E-state index contributed by atoms with van der Waals surface area (Å²) in [6.45, 7) is 5.99. The Bertz CT molecular complexity index is 421. The highest BCUT2D eigenvalue weighted by atomic mass is 16.5. The van der Waals surface area contributed by atoms with Crippen LogP contribution in [0.4, 0.5) is 5.69 Å². The average molecular weight is 292 g/mol. The highest BCUT2D eigenvalue weighted by Gasteiger charge is 2.10. The molecule has 118 valence electrons. The van der Waals surface area contributed by atoms with Gasteiger partial charge in [0.05, 0.1) is 6.61 Å². The van der Waals surface area contributed by atoms with Gasteiger partial charge in [-0.2, -0.15) is 0 Å². The Kier molecular flexibility index (Phi) is 8.71. The Balaban J connectivity index is 2.50. The zero-order valence-corrected chi connectivity index (χ0v) is 13.2. The third kappa shape index (κ3) is 6.74. The zero-order valence-electron chi connectivity index (χ0n) is 13.2. The van der Waals surface area contributed by atoms with Gasteiger partial charge >= 0.3 is 0 Å². The van der Waals surface area contributed by atoms with E-state index in [0.717, 1.165) is 30.5 Å². The summed E-state index contributed by atoms with van der Waals surface area (Å²) in [5.74, 6) is 0.605. The highest BCUT2D eigenvalue weighted by Crippen LogP contribution is 2.18. The van der Waals surface area contributed by atoms with Crippen LogP contribution < -0.4 is 11.1 Å². The molecule has 4 nitrogen and oxygen atoms in total. The molecule has 1 unspecified atom stereocenters. The lowest BCUT2D eigenvalue weighted by Gasteiger charge is -2.14. The van der Waals surface area contributed by atoms with E-state index in [1.54, 1.807) is 0 Å². The fraction of sp³-hybridized carbons (Fsp3) is 0.588. The van der Waals surface area contributed by atoms with E-state index in [4.69, 9.17) is 10.5 Å². The minimum Gasteiger partial charge on any atom is -0.377 e. The summed E-state index contributed by atoms with van der Waals surface area (Å²) in [5, 5.41) is 2.99. The number of hydrogen-bond donors (Lipinski definition) is 2. The molecular weight excluding hydrogens is 264 g/mol. The third-order valence-electron chi connectivity index (χ3n) is 3.69. The third-order valence-corrected chi connectivity index (χ3v) is 3.69. The molecule has 0 aromatic heterocycles. The second kappa shape index (κ2) is 10.4. The van der Waals surface area contributed by atoms with Crippen molar-refractivity contribution < 1.29 is 9.53 Å². The topological polar surface area (TPSA) is 64.3 Å². The number of carbonyl (C=O) groups is 1. The van der Waals surface area contributed by atoms with Crippen LogP contribution in [0.25, 0.3) is 0 Å². The predicted octanol–water partition coefficient (Wildman–Crippen LogP) is 3.32. The van der Waals surface area contributed by atoms with Gasteiger partial charge in [-0.05, 0) is 38.3 Å². The first kappa shape index (κ1) is 17.7. The first-order chi connectivity index (χ1) is 10.2. The first-order valence-electron chi connectivity index (χ1n) is 7.86. The molecule has 1 amide bonds. The Morgan fingerprint density at radius 3 is 2.71 bits per heavy atom. The van der Waals surface area contributed by atoms with Crippen molar-refractivity contribution in [1.29, 1.82) is 0 Å². The SMILES string of the molecule is CCOCc1ccccc1NC(=O)CCC(CC)CCN. The van der Waals surface area contributed by atoms with Gasteiger partial charge in [0.2, 0.25) is 5.91 Å². The van der Waals surface area contributed by atoms with Gasteiger partial charge in [0.15, 0.2) is 0 Å². The van der Waals surface area contributed by atoms with Crippen LogP contribution in [0, 0.1) is 5.92 Å². The molecule has 3 N–H and O–H groups in total. The van der Waals surface area contributed by atoms with E-state index >= 15 is 0 Å². The summed E-state index contributed by atoms with van der Waals surface area (Å²) in [6.07, 6.45) is 3.50. The molecule has 21 heavy (non-hydrogen) atoms. The van der Waals surface area contributed by atoms with Crippen LogP contribution in [-0.2, 0) is 16.1 Å². The number of rotatable bonds is 10. The zero-order chi connectivity index (χ0) is 15.5. The van der Waals surface area contributed by atoms with Crippen LogP contribution in [-0.4, -0.2) is 19.1 Å². The number of para-hydroxylation sites is 1. The van der Waals surface area contributed by atoms with Crippen molar-refractivity contribution in [1.82, 2.24) is 0 Å². The minimum absolute atomic E-state index is 0.0643. The quantitative estimate of drug-likeness (QED) is 0.695. The number of ether oxygens (including phenoxy) is 1.